The van der Waals surface area contributed by atoms with Crippen molar-refractivity contribution in [1.29, 1.82) is 0 Å². The Morgan fingerprint density at radius 2 is 2.15 bits per heavy atom. The molecule has 0 saturated carbocycles. The van der Waals surface area contributed by atoms with E-state index in [1.165, 1.54) is 26.1 Å². The summed E-state index contributed by atoms with van der Waals surface area (Å²) >= 11 is 0. The van der Waals surface area contributed by atoms with Gasteiger partial charge in [-0.25, -0.2) is 8.42 Å². The summed E-state index contributed by atoms with van der Waals surface area (Å²) in [5.41, 5.74) is 1.69. The molecule has 0 saturated heterocycles. The lowest BCUT2D eigenvalue weighted by molar-refractivity contribution is -0.384. The van der Waals surface area contributed by atoms with Crippen molar-refractivity contribution in [2.24, 2.45) is 5.84 Å². The summed E-state index contributed by atoms with van der Waals surface area (Å²) in [5.74, 6) is 5.13. The fourth-order valence-corrected chi connectivity index (χ4v) is 2.84. The van der Waals surface area contributed by atoms with Crippen molar-refractivity contribution >= 4 is 21.4 Å². The molecule has 0 fully saturated rings. The number of aliphatic hydroxyl groups excluding tert-OH is 1. The zero-order chi connectivity index (χ0) is 15.5. The van der Waals surface area contributed by atoms with Gasteiger partial charge in [-0.15, -0.1) is 0 Å². The number of nitrogens with zero attached hydrogens (tertiary/aromatic N) is 2. The molecular formula is C10H16N4O5S. The minimum Gasteiger partial charge on any atom is -0.395 e. The molecule has 0 bridgehead atoms. The lowest BCUT2D eigenvalue weighted by Gasteiger charge is -2.22. The molecular weight excluding hydrogens is 288 g/mol. The first kappa shape index (κ1) is 16.3. The largest absolute Gasteiger partial charge is 0.395 e. The average molecular weight is 304 g/mol. The second-order valence-electron chi connectivity index (χ2n) is 4.13. The highest BCUT2D eigenvalue weighted by molar-refractivity contribution is 7.89. The summed E-state index contributed by atoms with van der Waals surface area (Å²) in [6.07, 6.45) is 0. The number of sulfonamides is 1. The molecule has 0 aromatic heterocycles. The summed E-state index contributed by atoms with van der Waals surface area (Å²) in [5, 5.41) is 19.9. The number of hydrazine groups is 1. The SMILES string of the molecule is CC(CO)N(C)S(=O)(=O)c1ccc(NN)c([N+](=O)[O-])c1. The van der Waals surface area contributed by atoms with E-state index in [-0.39, 0.29) is 17.2 Å². The smallest absolute Gasteiger partial charge is 0.294 e. The normalized spacial score (nSPS) is 13.2. The zero-order valence-electron chi connectivity index (χ0n) is 11.0. The van der Waals surface area contributed by atoms with Crippen LogP contribution in [0.1, 0.15) is 6.92 Å². The molecule has 0 aliphatic heterocycles. The predicted molar refractivity (Wildman–Crippen MR) is 72.4 cm³/mol. The van der Waals surface area contributed by atoms with Crippen LogP contribution < -0.4 is 11.3 Å². The van der Waals surface area contributed by atoms with Gasteiger partial charge in [-0.3, -0.25) is 16.0 Å². The molecule has 0 amide bonds. The molecule has 0 aliphatic rings. The number of nitro groups is 1. The number of likely N-dealkylation sites (N-methyl/N-ethyl adjacent to an activating group) is 1. The van der Waals surface area contributed by atoms with Crippen molar-refractivity contribution in [3.63, 3.8) is 0 Å². The zero-order valence-corrected chi connectivity index (χ0v) is 11.8. The Hall–Kier alpha value is -1.75. The highest BCUT2D eigenvalue weighted by atomic mass is 32.2. The molecule has 9 nitrogen and oxygen atoms in total. The Kier molecular flexibility index (Phi) is 5.00. The molecule has 0 spiro atoms. The molecule has 112 valence electrons. The third-order valence-corrected chi connectivity index (χ3v) is 4.85. The van der Waals surface area contributed by atoms with E-state index >= 15 is 0 Å². The number of anilines is 1. The summed E-state index contributed by atoms with van der Waals surface area (Å²) in [6.45, 7) is 1.15. The van der Waals surface area contributed by atoms with Gasteiger partial charge < -0.3 is 10.5 Å². The molecule has 1 rings (SSSR count). The van der Waals surface area contributed by atoms with E-state index in [9.17, 15) is 18.5 Å². The molecule has 0 radical (unpaired) electrons. The van der Waals surface area contributed by atoms with Crippen LogP contribution in [0.15, 0.2) is 23.1 Å². The number of hydrogen-bond acceptors (Lipinski definition) is 7. The van der Waals surface area contributed by atoms with Crippen LogP contribution in [-0.2, 0) is 10.0 Å². The molecule has 10 heteroatoms. The Balaban J connectivity index is 3.33. The highest BCUT2D eigenvalue weighted by Crippen LogP contribution is 2.28. The predicted octanol–water partition coefficient (Wildman–Crippen LogP) is -0.118. The minimum absolute atomic E-state index is 0.00631. The standard InChI is InChI=1S/C10H16N4O5S/c1-7(6-15)13(2)20(18,19)8-3-4-9(12-11)10(5-8)14(16)17/h3-5,7,12,15H,6,11H2,1-2H3. The van der Waals surface area contributed by atoms with Gasteiger partial charge >= 0.3 is 0 Å². The molecule has 1 atom stereocenters. The van der Waals surface area contributed by atoms with E-state index in [1.54, 1.807) is 0 Å². The van der Waals surface area contributed by atoms with Crippen LogP contribution in [0.2, 0.25) is 0 Å². The van der Waals surface area contributed by atoms with E-state index in [1.807, 2.05) is 0 Å². The van der Waals surface area contributed by atoms with Crippen molar-refractivity contribution in [1.82, 2.24) is 4.31 Å². The number of nitrogen functional groups attached to an aromatic ring is 1. The molecule has 4 N–H and O–H groups in total. The van der Waals surface area contributed by atoms with Gasteiger partial charge in [0, 0.05) is 19.2 Å². The van der Waals surface area contributed by atoms with E-state index in [0.717, 1.165) is 10.4 Å². The summed E-state index contributed by atoms with van der Waals surface area (Å²) in [6, 6.07) is 2.69. The second kappa shape index (κ2) is 6.13. The monoisotopic (exact) mass is 304 g/mol. The van der Waals surface area contributed by atoms with Crippen LogP contribution in [0.5, 0.6) is 0 Å². The van der Waals surface area contributed by atoms with E-state index in [2.05, 4.69) is 5.43 Å². The number of nitro benzene ring substituents is 1. The minimum atomic E-state index is -3.93. The third kappa shape index (κ3) is 3.04. The number of benzene rings is 1. The fraction of sp³-hybridized carbons (Fsp3) is 0.400. The van der Waals surface area contributed by atoms with E-state index in [4.69, 9.17) is 10.9 Å². The molecule has 1 aromatic carbocycles. The van der Waals surface area contributed by atoms with Crippen LogP contribution in [0, 0.1) is 10.1 Å². The fourth-order valence-electron chi connectivity index (χ4n) is 1.46. The Bertz CT molecular complexity index is 604. The number of rotatable bonds is 6. The Labute approximate surface area is 116 Å². The van der Waals surface area contributed by atoms with Crippen molar-refractivity contribution in [3.05, 3.63) is 28.3 Å². The molecule has 1 unspecified atom stereocenters. The molecule has 20 heavy (non-hydrogen) atoms. The van der Waals surface area contributed by atoms with Gasteiger partial charge in [0.05, 0.1) is 16.4 Å². The van der Waals surface area contributed by atoms with Crippen LogP contribution in [0.25, 0.3) is 0 Å². The van der Waals surface area contributed by atoms with Gasteiger partial charge in [0.1, 0.15) is 5.69 Å². The number of aliphatic hydroxyl groups is 1. The van der Waals surface area contributed by atoms with Crippen LogP contribution in [-0.4, -0.2) is 42.4 Å². The van der Waals surface area contributed by atoms with Gasteiger partial charge in [0.15, 0.2) is 0 Å². The van der Waals surface area contributed by atoms with Crippen LogP contribution >= 0.6 is 0 Å². The third-order valence-electron chi connectivity index (χ3n) is 2.88. The van der Waals surface area contributed by atoms with Gasteiger partial charge in [-0.1, -0.05) is 0 Å². The Morgan fingerprint density at radius 3 is 2.60 bits per heavy atom. The molecule has 1 aromatic rings. The lowest BCUT2D eigenvalue weighted by atomic mass is 10.3. The van der Waals surface area contributed by atoms with Crippen molar-refractivity contribution < 1.29 is 18.4 Å². The van der Waals surface area contributed by atoms with Crippen molar-refractivity contribution in [3.8, 4) is 0 Å². The summed E-state index contributed by atoms with van der Waals surface area (Å²) in [4.78, 5) is 9.90. The van der Waals surface area contributed by atoms with E-state index in [0.29, 0.717) is 0 Å². The second-order valence-corrected chi connectivity index (χ2v) is 6.13. The van der Waals surface area contributed by atoms with Gasteiger partial charge in [-0.2, -0.15) is 4.31 Å². The quantitative estimate of drug-likeness (QED) is 0.378. The highest BCUT2D eigenvalue weighted by Gasteiger charge is 2.27. The number of nitrogens with one attached hydrogen (secondary N) is 1. The maximum absolute atomic E-state index is 12.2. The van der Waals surface area contributed by atoms with Crippen LogP contribution in [0.3, 0.4) is 0 Å². The van der Waals surface area contributed by atoms with E-state index < -0.39 is 26.7 Å². The average Bonchev–Trinajstić information content (AvgIpc) is 2.44. The summed E-state index contributed by atoms with van der Waals surface area (Å²) in [7, 11) is -2.64. The lowest BCUT2D eigenvalue weighted by Crippen LogP contribution is -2.37. The molecule has 0 heterocycles. The summed E-state index contributed by atoms with van der Waals surface area (Å²) < 4.78 is 25.4. The van der Waals surface area contributed by atoms with Gasteiger partial charge in [-0.05, 0) is 19.1 Å². The molecule has 0 aliphatic carbocycles. The Morgan fingerprint density at radius 1 is 1.55 bits per heavy atom. The first-order valence-electron chi connectivity index (χ1n) is 5.59. The topological polar surface area (TPSA) is 139 Å². The first-order valence-corrected chi connectivity index (χ1v) is 7.03. The first-order chi connectivity index (χ1) is 9.25. The van der Waals surface area contributed by atoms with Gasteiger partial charge in [0.2, 0.25) is 10.0 Å². The van der Waals surface area contributed by atoms with Crippen molar-refractivity contribution in [2.75, 3.05) is 19.1 Å². The maximum Gasteiger partial charge on any atom is 0.294 e. The maximum atomic E-state index is 12.2. The van der Waals surface area contributed by atoms with Crippen molar-refractivity contribution in [2.45, 2.75) is 17.9 Å². The number of nitrogens with two attached hydrogens (primary N) is 1. The van der Waals surface area contributed by atoms with Crippen LogP contribution in [0.4, 0.5) is 11.4 Å². The van der Waals surface area contributed by atoms with Gasteiger partial charge in [0.25, 0.3) is 5.69 Å². The number of hydrogen-bond donors (Lipinski definition) is 3.